The third-order valence-corrected chi connectivity index (χ3v) is 8.58. The predicted molar refractivity (Wildman–Crippen MR) is 184 cm³/mol. The zero-order valence-corrected chi connectivity index (χ0v) is 25.3. The Balaban J connectivity index is 1.35. The zero-order chi connectivity index (χ0) is 30.7. The number of nitrogens with zero attached hydrogens (tertiary/aromatic N) is 3. The van der Waals surface area contributed by atoms with Crippen molar-refractivity contribution in [1.29, 1.82) is 0 Å². The van der Waals surface area contributed by atoms with Gasteiger partial charge in [0.15, 0.2) is 0 Å². The maximum absolute atomic E-state index is 10.7. The second-order valence-electron chi connectivity index (χ2n) is 12.5. The third kappa shape index (κ3) is 4.56. The molecular formula is C40H31N3O2. The van der Waals surface area contributed by atoms with Crippen molar-refractivity contribution in [2.75, 3.05) is 0 Å². The molecule has 8 rings (SSSR count). The molecule has 5 nitrogen and oxygen atoms in total. The minimum absolute atomic E-state index is 0.00547. The lowest BCUT2D eigenvalue weighted by atomic mass is 9.86. The van der Waals surface area contributed by atoms with E-state index in [9.17, 15) is 5.11 Å². The van der Waals surface area contributed by atoms with Gasteiger partial charge in [-0.3, -0.25) is 4.57 Å². The fraction of sp³-hybridized carbons (Fsp3) is 0.100. The van der Waals surface area contributed by atoms with Crippen LogP contribution in [0.3, 0.4) is 0 Å². The molecule has 218 valence electrons. The molecule has 3 aromatic heterocycles. The zero-order valence-electron chi connectivity index (χ0n) is 25.3. The van der Waals surface area contributed by atoms with E-state index in [-0.39, 0.29) is 11.2 Å². The number of phenolic OH excluding ortho intramolecular Hbond substituents is 1. The van der Waals surface area contributed by atoms with Crippen LogP contribution in [0.2, 0.25) is 0 Å². The van der Waals surface area contributed by atoms with Gasteiger partial charge in [-0.1, -0.05) is 87.5 Å². The third-order valence-electron chi connectivity index (χ3n) is 8.58. The van der Waals surface area contributed by atoms with E-state index in [2.05, 4.69) is 86.0 Å². The van der Waals surface area contributed by atoms with Gasteiger partial charge in [-0.2, -0.15) is 0 Å². The van der Waals surface area contributed by atoms with Crippen LogP contribution in [-0.4, -0.2) is 19.6 Å². The summed E-state index contributed by atoms with van der Waals surface area (Å²) < 4.78 is 8.78. The van der Waals surface area contributed by atoms with Gasteiger partial charge < -0.3 is 9.84 Å². The number of ether oxygens (including phenoxy) is 1. The largest absolute Gasteiger partial charge is 0.506 e. The highest BCUT2D eigenvalue weighted by molar-refractivity contribution is 6.11. The highest BCUT2D eigenvalue weighted by atomic mass is 16.5. The Labute approximate surface area is 261 Å². The van der Waals surface area contributed by atoms with Crippen LogP contribution in [0.25, 0.3) is 60.4 Å². The summed E-state index contributed by atoms with van der Waals surface area (Å²) in [7, 11) is 0. The van der Waals surface area contributed by atoms with Crippen LogP contribution in [0.5, 0.6) is 17.4 Å². The van der Waals surface area contributed by atoms with Crippen LogP contribution in [0, 0.1) is 0 Å². The Kier molecular flexibility index (Phi) is 6.10. The molecule has 0 spiro atoms. The summed E-state index contributed by atoms with van der Waals surface area (Å²) in [6, 6.07) is 40.9. The van der Waals surface area contributed by atoms with E-state index in [1.807, 2.05) is 60.8 Å². The summed E-state index contributed by atoms with van der Waals surface area (Å²) in [6.07, 6.45) is 1.87. The number of hydrogen-bond acceptors (Lipinski definition) is 4. The summed E-state index contributed by atoms with van der Waals surface area (Å²) in [5.41, 5.74) is 6.08. The van der Waals surface area contributed by atoms with Crippen LogP contribution in [0.4, 0.5) is 0 Å². The van der Waals surface area contributed by atoms with E-state index in [0.717, 1.165) is 54.9 Å². The molecular weight excluding hydrogens is 554 g/mol. The molecule has 5 heteroatoms. The SMILES string of the molecule is CC(C)(C)c1ccc2c(c1)c1ccc(Oc3nc4c(O)cccc4c4ccccc34)cc1n2-c1cc(-c2ccccc2)ccn1. The topological polar surface area (TPSA) is 60.2 Å². The van der Waals surface area contributed by atoms with Gasteiger partial charge >= 0.3 is 0 Å². The van der Waals surface area contributed by atoms with Crippen LogP contribution in [0.1, 0.15) is 26.3 Å². The molecule has 5 aromatic carbocycles. The van der Waals surface area contributed by atoms with Gasteiger partial charge in [0.1, 0.15) is 22.8 Å². The number of fused-ring (bicyclic) bond motifs is 6. The summed E-state index contributed by atoms with van der Waals surface area (Å²) in [5.74, 6) is 2.05. The van der Waals surface area contributed by atoms with E-state index in [1.54, 1.807) is 6.07 Å². The monoisotopic (exact) mass is 585 g/mol. The van der Waals surface area contributed by atoms with Gasteiger partial charge in [-0.05, 0) is 76.0 Å². The molecule has 0 bridgehead atoms. The van der Waals surface area contributed by atoms with E-state index in [0.29, 0.717) is 17.1 Å². The van der Waals surface area contributed by atoms with Crippen molar-refractivity contribution in [3.05, 3.63) is 133 Å². The standard InChI is InChI=1S/C40H31N3O2/c1-40(2,3)27-16-19-34-33(23-27)30-18-17-28(24-35(30)43(34)37-22-26(20-21-41-37)25-10-5-4-6-11-25)45-39-32-13-8-7-12-29(32)31-14-9-15-36(44)38(31)42-39/h4-24,44H,1-3H3. The van der Waals surface area contributed by atoms with Gasteiger partial charge in [0.05, 0.1) is 11.0 Å². The summed E-state index contributed by atoms with van der Waals surface area (Å²) in [5, 5.41) is 15.7. The van der Waals surface area contributed by atoms with E-state index in [4.69, 9.17) is 14.7 Å². The quantitative estimate of drug-likeness (QED) is 0.209. The molecule has 1 N–H and O–H groups in total. The molecule has 0 aliphatic rings. The molecule has 0 fully saturated rings. The van der Waals surface area contributed by atoms with Gasteiger partial charge in [-0.15, -0.1) is 0 Å². The second kappa shape index (κ2) is 10.2. The number of para-hydroxylation sites is 1. The molecule has 0 radical (unpaired) electrons. The first kappa shape index (κ1) is 26.9. The van der Waals surface area contributed by atoms with Crippen molar-refractivity contribution in [2.24, 2.45) is 0 Å². The molecule has 0 saturated heterocycles. The van der Waals surface area contributed by atoms with Gasteiger partial charge in [0.2, 0.25) is 5.88 Å². The number of benzene rings is 5. The Morgan fingerprint density at radius 2 is 1.40 bits per heavy atom. The number of aromatic nitrogens is 3. The van der Waals surface area contributed by atoms with Crippen LogP contribution in [-0.2, 0) is 5.41 Å². The van der Waals surface area contributed by atoms with Crippen LogP contribution in [0.15, 0.2) is 128 Å². The van der Waals surface area contributed by atoms with Crippen molar-refractivity contribution >= 4 is 43.5 Å². The lowest BCUT2D eigenvalue weighted by molar-refractivity contribution is 0.465. The Hall–Kier alpha value is -5.68. The molecule has 0 aliphatic heterocycles. The van der Waals surface area contributed by atoms with E-state index >= 15 is 0 Å². The highest BCUT2D eigenvalue weighted by Crippen LogP contribution is 2.40. The fourth-order valence-corrected chi connectivity index (χ4v) is 6.25. The Morgan fingerprint density at radius 1 is 0.622 bits per heavy atom. The first-order chi connectivity index (χ1) is 21.8. The molecule has 0 saturated carbocycles. The summed E-state index contributed by atoms with van der Waals surface area (Å²) in [4.78, 5) is 9.65. The lowest BCUT2D eigenvalue weighted by Crippen LogP contribution is -2.10. The van der Waals surface area contributed by atoms with Crippen molar-refractivity contribution in [3.8, 4) is 34.3 Å². The fourth-order valence-electron chi connectivity index (χ4n) is 6.25. The van der Waals surface area contributed by atoms with E-state index < -0.39 is 0 Å². The molecule has 45 heavy (non-hydrogen) atoms. The molecule has 8 aromatic rings. The first-order valence-electron chi connectivity index (χ1n) is 15.1. The van der Waals surface area contributed by atoms with Crippen molar-refractivity contribution in [1.82, 2.24) is 14.5 Å². The average Bonchev–Trinajstić information content (AvgIpc) is 3.38. The second-order valence-corrected chi connectivity index (χ2v) is 12.5. The summed E-state index contributed by atoms with van der Waals surface area (Å²) >= 11 is 0. The number of hydrogen-bond donors (Lipinski definition) is 1. The lowest BCUT2D eigenvalue weighted by Gasteiger charge is -2.19. The Bertz CT molecular complexity index is 2400. The first-order valence-corrected chi connectivity index (χ1v) is 15.1. The molecule has 0 atom stereocenters. The maximum Gasteiger partial charge on any atom is 0.227 e. The highest BCUT2D eigenvalue weighted by Gasteiger charge is 2.20. The smallest absolute Gasteiger partial charge is 0.227 e. The van der Waals surface area contributed by atoms with Crippen LogP contribution < -0.4 is 4.74 Å². The van der Waals surface area contributed by atoms with Gasteiger partial charge in [-0.25, -0.2) is 9.97 Å². The van der Waals surface area contributed by atoms with Gasteiger partial charge in [0, 0.05) is 33.8 Å². The molecule has 0 amide bonds. The number of phenols is 1. The number of aromatic hydroxyl groups is 1. The minimum atomic E-state index is 0.00547. The van der Waals surface area contributed by atoms with Crippen molar-refractivity contribution in [3.63, 3.8) is 0 Å². The molecule has 3 heterocycles. The molecule has 0 aliphatic carbocycles. The number of pyridine rings is 2. The van der Waals surface area contributed by atoms with Crippen molar-refractivity contribution in [2.45, 2.75) is 26.2 Å². The number of rotatable bonds is 4. The van der Waals surface area contributed by atoms with Crippen LogP contribution >= 0.6 is 0 Å². The summed E-state index contributed by atoms with van der Waals surface area (Å²) in [6.45, 7) is 6.72. The Morgan fingerprint density at radius 3 is 2.22 bits per heavy atom. The van der Waals surface area contributed by atoms with Gasteiger partial charge in [0.25, 0.3) is 0 Å². The minimum Gasteiger partial charge on any atom is -0.506 e. The van der Waals surface area contributed by atoms with E-state index in [1.165, 1.54) is 5.56 Å². The molecule has 0 unspecified atom stereocenters. The average molecular weight is 586 g/mol. The maximum atomic E-state index is 10.7. The predicted octanol–water partition coefficient (Wildman–Crippen LogP) is 10.3. The normalized spacial score (nSPS) is 12.0. The van der Waals surface area contributed by atoms with Crippen molar-refractivity contribution < 1.29 is 9.84 Å².